The Kier molecular flexibility index (Phi) is 5.50. The monoisotopic (exact) mass is 406 g/mol. The van der Waals surface area contributed by atoms with E-state index in [0.717, 1.165) is 36.3 Å². The predicted octanol–water partition coefficient (Wildman–Crippen LogP) is 2.84. The summed E-state index contributed by atoms with van der Waals surface area (Å²) in [5.74, 6) is 1.20. The van der Waals surface area contributed by atoms with Crippen LogP contribution in [-0.4, -0.2) is 66.9 Å². The number of anilines is 1. The van der Waals surface area contributed by atoms with Crippen molar-refractivity contribution in [2.75, 3.05) is 45.2 Å². The van der Waals surface area contributed by atoms with Crippen LogP contribution in [0.15, 0.2) is 48.7 Å². The van der Waals surface area contributed by atoms with Gasteiger partial charge < -0.3 is 14.7 Å². The fourth-order valence-corrected chi connectivity index (χ4v) is 5.11. The van der Waals surface area contributed by atoms with Crippen LogP contribution in [0.2, 0.25) is 0 Å². The first-order valence-electron chi connectivity index (χ1n) is 10.6. The van der Waals surface area contributed by atoms with Crippen molar-refractivity contribution in [3.8, 4) is 0 Å². The summed E-state index contributed by atoms with van der Waals surface area (Å²) in [7, 11) is 3.66. The number of fused-ring (bicyclic) bond motifs is 1. The number of carbonyl (C=O) groups excluding carboxylic acids is 2. The van der Waals surface area contributed by atoms with Gasteiger partial charge in [0.2, 0.25) is 5.91 Å². The third-order valence-corrected chi connectivity index (χ3v) is 6.66. The van der Waals surface area contributed by atoms with Crippen LogP contribution in [0, 0.1) is 18.3 Å². The van der Waals surface area contributed by atoms with E-state index in [1.807, 2.05) is 68.4 Å². The first-order chi connectivity index (χ1) is 14.4. The van der Waals surface area contributed by atoms with E-state index < -0.39 is 5.41 Å². The fraction of sp³-hybridized carbons (Fsp3) is 0.458. The average molecular weight is 407 g/mol. The highest BCUT2D eigenvalue weighted by molar-refractivity contribution is 5.95. The summed E-state index contributed by atoms with van der Waals surface area (Å²) in [5.41, 5.74) is 1.26. The summed E-state index contributed by atoms with van der Waals surface area (Å²) in [6.07, 6.45) is 3.40. The zero-order chi connectivity index (χ0) is 21.3. The molecule has 2 amide bonds. The van der Waals surface area contributed by atoms with E-state index in [9.17, 15) is 9.59 Å². The highest BCUT2D eigenvalue weighted by Crippen LogP contribution is 2.45. The quantitative estimate of drug-likeness (QED) is 0.787. The smallest absolute Gasteiger partial charge is 0.254 e. The molecular weight excluding hydrogens is 376 g/mol. The summed E-state index contributed by atoms with van der Waals surface area (Å²) >= 11 is 0. The van der Waals surface area contributed by atoms with Gasteiger partial charge in [-0.3, -0.25) is 9.59 Å². The number of rotatable bonds is 3. The molecule has 0 saturated carbocycles. The van der Waals surface area contributed by atoms with Gasteiger partial charge in [0.1, 0.15) is 5.82 Å². The van der Waals surface area contributed by atoms with Crippen LogP contribution >= 0.6 is 0 Å². The van der Waals surface area contributed by atoms with Crippen LogP contribution in [0.4, 0.5) is 5.82 Å². The minimum Gasteiger partial charge on any atom is -0.355 e. The molecule has 4 rings (SSSR count). The summed E-state index contributed by atoms with van der Waals surface area (Å²) in [6.45, 7) is 4.64. The van der Waals surface area contributed by atoms with Gasteiger partial charge in [-0.1, -0.05) is 24.3 Å². The highest BCUT2D eigenvalue weighted by Gasteiger charge is 2.54. The van der Waals surface area contributed by atoms with Gasteiger partial charge in [-0.25, -0.2) is 4.98 Å². The minimum atomic E-state index is -0.484. The fourth-order valence-electron chi connectivity index (χ4n) is 5.11. The Morgan fingerprint density at radius 3 is 2.57 bits per heavy atom. The van der Waals surface area contributed by atoms with Crippen molar-refractivity contribution in [1.82, 2.24) is 14.8 Å². The van der Waals surface area contributed by atoms with E-state index >= 15 is 0 Å². The van der Waals surface area contributed by atoms with Crippen molar-refractivity contribution in [3.05, 3.63) is 59.8 Å². The molecule has 0 aliphatic carbocycles. The van der Waals surface area contributed by atoms with Gasteiger partial charge in [0.25, 0.3) is 5.91 Å². The molecule has 6 nitrogen and oxygen atoms in total. The van der Waals surface area contributed by atoms with E-state index in [2.05, 4.69) is 9.88 Å². The molecule has 0 radical (unpaired) electrons. The molecule has 2 aromatic rings. The Balaban J connectivity index is 1.65. The lowest BCUT2D eigenvalue weighted by atomic mass is 9.74. The predicted molar refractivity (Wildman–Crippen MR) is 117 cm³/mol. The van der Waals surface area contributed by atoms with Crippen molar-refractivity contribution in [3.63, 3.8) is 0 Å². The largest absolute Gasteiger partial charge is 0.355 e. The summed E-state index contributed by atoms with van der Waals surface area (Å²) < 4.78 is 0. The van der Waals surface area contributed by atoms with Gasteiger partial charge in [-0.05, 0) is 43.5 Å². The second kappa shape index (κ2) is 8.09. The van der Waals surface area contributed by atoms with Crippen molar-refractivity contribution < 1.29 is 9.59 Å². The summed E-state index contributed by atoms with van der Waals surface area (Å²) in [5, 5.41) is 0. The Morgan fingerprint density at radius 1 is 1.10 bits per heavy atom. The van der Waals surface area contributed by atoms with E-state index in [-0.39, 0.29) is 17.7 Å². The van der Waals surface area contributed by atoms with Gasteiger partial charge in [0.15, 0.2) is 0 Å². The Labute approximate surface area is 178 Å². The molecule has 0 bridgehead atoms. The molecule has 2 fully saturated rings. The summed E-state index contributed by atoms with van der Waals surface area (Å²) in [6, 6.07) is 13.6. The van der Waals surface area contributed by atoms with E-state index in [0.29, 0.717) is 19.6 Å². The molecule has 1 aromatic carbocycles. The molecule has 2 aliphatic rings. The molecule has 2 aliphatic heterocycles. The third-order valence-electron chi connectivity index (χ3n) is 6.66. The molecule has 0 unspecified atom stereocenters. The Morgan fingerprint density at radius 2 is 1.87 bits per heavy atom. The first kappa shape index (κ1) is 20.4. The maximum atomic E-state index is 13.4. The molecule has 6 heteroatoms. The van der Waals surface area contributed by atoms with Crippen molar-refractivity contribution in [1.29, 1.82) is 0 Å². The van der Waals surface area contributed by atoms with E-state index in [1.165, 1.54) is 0 Å². The van der Waals surface area contributed by atoms with Crippen molar-refractivity contribution in [2.45, 2.75) is 19.8 Å². The number of likely N-dealkylation sites (tertiary alicyclic amines) is 1. The number of benzene rings is 1. The number of hydrogen-bond donors (Lipinski definition) is 0. The standard InChI is InChI=1S/C24H30N4O2/c1-18-9-4-5-10-20(18)22(29)27-14-8-12-24(23(30)26(2)3)17-28(16-19(24)15-27)21-11-6-7-13-25-21/h4-7,9-11,13,19H,8,12,14-17H2,1-3H3/t19-,24-/m0/s1. The lowest BCUT2D eigenvalue weighted by Crippen LogP contribution is -2.47. The molecule has 2 saturated heterocycles. The topological polar surface area (TPSA) is 56.8 Å². The SMILES string of the molecule is Cc1ccccc1C(=O)N1CCC[C@]2(C(=O)N(C)C)CN(c3ccccn3)C[C@@H]2C1. The number of aryl methyl sites for hydroxylation is 1. The first-order valence-corrected chi connectivity index (χ1v) is 10.6. The number of pyridine rings is 1. The second-order valence-electron chi connectivity index (χ2n) is 8.79. The second-order valence-corrected chi connectivity index (χ2v) is 8.79. The molecule has 3 heterocycles. The lowest BCUT2D eigenvalue weighted by molar-refractivity contribution is -0.141. The van der Waals surface area contributed by atoms with E-state index in [1.54, 1.807) is 11.1 Å². The van der Waals surface area contributed by atoms with Crippen molar-refractivity contribution in [2.24, 2.45) is 11.3 Å². The van der Waals surface area contributed by atoms with Crippen LogP contribution in [0.1, 0.15) is 28.8 Å². The maximum absolute atomic E-state index is 13.4. The molecule has 0 spiro atoms. The molecule has 30 heavy (non-hydrogen) atoms. The number of hydrogen-bond acceptors (Lipinski definition) is 4. The van der Waals surface area contributed by atoms with Gasteiger partial charge in [0, 0.05) is 58.0 Å². The van der Waals surface area contributed by atoms with Crippen LogP contribution in [-0.2, 0) is 4.79 Å². The van der Waals surface area contributed by atoms with Crippen LogP contribution in [0.3, 0.4) is 0 Å². The average Bonchev–Trinajstić information content (AvgIpc) is 3.02. The molecule has 2 atom stereocenters. The lowest BCUT2D eigenvalue weighted by Gasteiger charge is -2.34. The van der Waals surface area contributed by atoms with Gasteiger partial charge >= 0.3 is 0 Å². The van der Waals surface area contributed by atoms with Gasteiger partial charge in [-0.15, -0.1) is 0 Å². The number of amides is 2. The van der Waals surface area contributed by atoms with Gasteiger partial charge in [-0.2, -0.15) is 0 Å². The number of aromatic nitrogens is 1. The molecule has 0 N–H and O–H groups in total. The highest BCUT2D eigenvalue weighted by atomic mass is 16.2. The number of carbonyl (C=O) groups is 2. The zero-order valence-corrected chi connectivity index (χ0v) is 18.0. The zero-order valence-electron chi connectivity index (χ0n) is 18.0. The van der Waals surface area contributed by atoms with E-state index in [4.69, 9.17) is 0 Å². The van der Waals surface area contributed by atoms with Crippen LogP contribution < -0.4 is 4.90 Å². The minimum absolute atomic E-state index is 0.0671. The van der Waals surface area contributed by atoms with Crippen molar-refractivity contribution >= 4 is 17.6 Å². The van der Waals surface area contributed by atoms with Gasteiger partial charge in [0.05, 0.1) is 5.41 Å². The third kappa shape index (κ3) is 3.55. The van der Waals surface area contributed by atoms with Crippen LogP contribution in [0.25, 0.3) is 0 Å². The molecule has 1 aromatic heterocycles. The summed E-state index contributed by atoms with van der Waals surface area (Å²) in [4.78, 5) is 37.1. The maximum Gasteiger partial charge on any atom is 0.254 e. The number of nitrogens with zero attached hydrogens (tertiary/aromatic N) is 4. The Hall–Kier alpha value is -2.89. The Bertz CT molecular complexity index is 930. The molecular formula is C24H30N4O2. The van der Waals surface area contributed by atoms with Crippen LogP contribution in [0.5, 0.6) is 0 Å². The normalized spacial score (nSPS) is 23.6. The molecule has 158 valence electrons.